The van der Waals surface area contributed by atoms with Gasteiger partial charge >= 0.3 is 5.97 Å². The van der Waals surface area contributed by atoms with Gasteiger partial charge in [0.15, 0.2) is 17.4 Å². The average Bonchev–Trinajstić information content (AvgIpc) is 1.82. The number of esters is 1. The molecule has 0 aliphatic heterocycles. The van der Waals surface area contributed by atoms with Crippen LogP contribution < -0.4 is 0 Å². The number of hydrogen-bond acceptors (Lipinski definition) is 3. The number of carbonyl (C=O) groups is 1. The predicted molar refractivity (Wildman–Crippen MR) is 52.3 cm³/mol. The van der Waals surface area contributed by atoms with Crippen molar-refractivity contribution in [3.8, 4) is 0 Å². The molecule has 0 N–H and O–H groups in total. The molecule has 12 heavy (non-hydrogen) atoms. The molecule has 0 aliphatic rings. The lowest BCUT2D eigenvalue weighted by molar-refractivity contribution is -0.154. The molecule has 0 amide bonds. The topological polar surface area (TPSA) is 35.5 Å². The van der Waals surface area contributed by atoms with Crippen LogP contribution >= 0.6 is 0 Å². The molecular formula is C8H19AlO3. The van der Waals surface area contributed by atoms with E-state index in [1.54, 1.807) is 0 Å². The first-order chi connectivity index (χ1) is 5.02. The lowest BCUT2D eigenvalue weighted by atomic mass is 10.5. The van der Waals surface area contributed by atoms with Crippen molar-refractivity contribution in [2.45, 2.75) is 39.9 Å². The maximum absolute atomic E-state index is 10.8. The van der Waals surface area contributed by atoms with Crippen molar-refractivity contribution in [3.63, 3.8) is 0 Å². The van der Waals surface area contributed by atoms with Crippen LogP contribution in [0, 0.1) is 0 Å². The highest BCUT2D eigenvalue weighted by atomic mass is 27.0. The van der Waals surface area contributed by atoms with Crippen molar-refractivity contribution >= 4 is 23.3 Å². The summed E-state index contributed by atoms with van der Waals surface area (Å²) in [5, 5.41) is 0. The third-order valence-corrected chi connectivity index (χ3v) is 0.902. The van der Waals surface area contributed by atoms with E-state index in [1.165, 1.54) is 0 Å². The first-order valence-corrected chi connectivity index (χ1v) is 3.83. The summed E-state index contributed by atoms with van der Waals surface area (Å²) in [5.74, 6) is -0.297. The summed E-state index contributed by atoms with van der Waals surface area (Å²) >= 11 is 0. The van der Waals surface area contributed by atoms with Gasteiger partial charge in [0.25, 0.3) is 0 Å². The fraction of sp³-hybridized carbons (Fsp3) is 0.875. The Morgan fingerprint density at radius 2 is 1.67 bits per heavy atom. The minimum absolute atomic E-state index is 0. The van der Waals surface area contributed by atoms with Crippen LogP contribution in [0.3, 0.4) is 0 Å². The lowest BCUT2D eigenvalue weighted by Gasteiger charge is -2.09. The first-order valence-electron chi connectivity index (χ1n) is 3.83. The van der Waals surface area contributed by atoms with E-state index >= 15 is 0 Å². The second kappa shape index (κ2) is 7.60. The molecule has 0 aromatic carbocycles. The Morgan fingerprint density at radius 3 is 2.00 bits per heavy atom. The van der Waals surface area contributed by atoms with Crippen LogP contribution in [0.2, 0.25) is 0 Å². The van der Waals surface area contributed by atoms with Gasteiger partial charge in [0, 0.05) is 0 Å². The Bertz CT molecular complexity index is 123. The van der Waals surface area contributed by atoms with E-state index in [0.717, 1.165) is 0 Å². The molecule has 0 saturated carbocycles. The van der Waals surface area contributed by atoms with Crippen LogP contribution in [0.1, 0.15) is 27.7 Å². The van der Waals surface area contributed by atoms with Crippen molar-refractivity contribution in [3.05, 3.63) is 0 Å². The molecule has 0 saturated heterocycles. The molecule has 4 heteroatoms. The van der Waals surface area contributed by atoms with Crippen LogP contribution in [0.4, 0.5) is 0 Å². The van der Waals surface area contributed by atoms with Crippen LogP contribution in [0.25, 0.3) is 0 Å². The summed E-state index contributed by atoms with van der Waals surface area (Å²) in [7, 11) is 0. The molecule has 0 aromatic rings. The number of hydrogen-bond donors (Lipinski definition) is 0. The third-order valence-electron chi connectivity index (χ3n) is 0.902. The largest absolute Gasteiger partial charge is 0.461 e. The fourth-order valence-corrected chi connectivity index (χ4v) is 0.532. The highest BCUT2D eigenvalue weighted by Gasteiger charge is 2.05. The second-order valence-electron chi connectivity index (χ2n) is 2.90. The van der Waals surface area contributed by atoms with Gasteiger partial charge in [0.1, 0.15) is 6.61 Å². The molecule has 3 nitrogen and oxygen atoms in total. The van der Waals surface area contributed by atoms with Gasteiger partial charge in [-0.3, -0.25) is 0 Å². The van der Waals surface area contributed by atoms with E-state index in [2.05, 4.69) is 0 Å². The van der Waals surface area contributed by atoms with Crippen molar-refractivity contribution < 1.29 is 14.3 Å². The molecular weight excluding hydrogens is 171 g/mol. The zero-order valence-electron chi connectivity index (χ0n) is 7.59. The molecule has 0 radical (unpaired) electrons. The van der Waals surface area contributed by atoms with Gasteiger partial charge in [0.05, 0.1) is 12.2 Å². The SMILES string of the molecule is CC(C)OCC(=O)OC(C)C.[AlH3]. The van der Waals surface area contributed by atoms with E-state index in [-0.39, 0.29) is 42.1 Å². The third kappa shape index (κ3) is 9.96. The highest BCUT2D eigenvalue weighted by molar-refractivity contribution is 5.75. The van der Waals surface area contributed by atoms with Gasteiger partial charge in [-0.2, -0.15) is 0 Å². The zero-order chi connectivity index (χ0) is 8.85. The summed E-state index contributed by atoms with van der Waals surface area (Å²) in [6, 6.07) is 0. The minimum atomic E-state index is -0.297. The maximum Gasteiger partial charge on any atom is 0.332 e. The highest BCUT2D eigenvalue weighted by Crippen LogP contribution is 1.92. The number of carbonyl (C=O) groups excluding carboxylic acids is 1. The monoisotopic (exact) mass is 190 g/mol. The summed E-state index contributed by atoms with van der Waals surface area (Å²) in [6.07, 6.45) is 0.0213. The lowest BCUT2D eigenvalue weighted by Crippen LogP contribution is -2.19. The normalized spacial score (nSPS) is 9.83. The molecule has 0 aliphatic carbocycles. The summed E-state index contributed by atoms with van der Waals surface area (Å²) in [6.45, 7) is 7.43. The molecule has 0 heterocycles. The molecule has 0 unspecified atom stereocenters. The fourth-order valence-electron chi connectivity index (χ4n) is 0.532. The minimum Gasteiger partial charge on any atom is -0.461 e. The Balaban J connectivity index is 0. The van der Waals surface area contributed by atoms with Gasteiger partial charge in [-0.1, -0.05) is 0 Å². The van der Waals surface area contributed by atoms with E-state index in [4.69, 9.17) is 9.47 Å². The van der Waals surface area contributed by atoms with E-state index in [9.17, 15) is 4.79 Å². The smallest absolute Gasteiger partial charge is 0.332 e. The van der Waals surface area contributed by atoms with E-state index in [1.807, 2.05) is 27.7 Å². The Hall–Kier alpha value is -0.0375. The quantitative estimate of drug-likeness (QED) is 0.468. The van der Waals surface area contributed by atoms with Crippen LogP contribution in [0.15, 0.2) is 0 Å². The zero-order valence-corrected chi connectivity index (χ0v) is 7.59. The van der Waals surface area contributed by atoms with Crippen molar-refractivity contribution in [2.75, 3.05) is 6.61 Å². The molecule has 72 valence electrons. The summed E-state index contributed by atoms with van der Waals surface area (Å²) in [5.41, 5.74) is 0. The second-order valence-corrected chi connectivity index (χ2v) is 2.90. The molecule has 0 fully saturated rings. The standard InChI is InChI=1S/C8H16O3.Al.3H/c1-6(2)10-5-8(9)11-7(3)4;;;;/h6-7H,5H2,1-4H3;;;;. The van der Waals surface area contributed by atoms with E-state index < -0.39 is 0 Å². The molecule has 0 atom stereocenters. The Morgan fingerprint density at radius 1 is 1.17 bits per heavy atom. The van der Waals surface area contributed by atoms with Crippen LogP contribution in [-0.4, -0.2) is 42.1 Å². The number of rotatable bonds is 4. The van der Waals surface area contributed by atoms with Crippen LogP contribution in [-0.2, 0) is 14.3 Å². The average molecular weight is 190 g/mol. The van der Waals surface area contributed by atoms with Crippen molar-refractivity contribution in [1.29, 1.82) is 0 Å². The van der Waals surface area contributed by atoms with Gasteiger partial charge in [0.2, 0.25) is 0 Å². The van der Waals surface area contributed by atoms with E-state index in [0.29, 0.717) is 0 Å². The number of ether oxygens (including phenoxy) is 2. The van der Waals surface area contributed by atoms with Crippen LogP contribution in [0.5, 0.6) is 0 Å². The predicted octanol–water partition coefficient (Wildman–Crippen LogP) is 0.179. The first kappa shape index (κ1) is 14.5. The van der Waals surface area contributed by atoms with Gasteiger partial charge in [-0.05, 0) is 27.7 Å². The Kier molecular flexibility index (Phi) is 9.18. The molecule has 0 spiro atoms. The van der Waals surface area contributed by atoms with Gasteiger partial charge in [-0.25, -0.2) is 4.79 Å². The molecule has 0 bridgehead atoms. The van der Waals surface area contributed by atoms with Crippen molar-refractivity contribution in [2.24, 2.45) is 0 Å². The van der Waals surface area contributed by atoms with Gasteiger partial charge < -0.3 is 9.47 Å². The summed E-state index contributed by atoms with van der Waals surface area (Å²) in [4.78, 5) is 10.8. The molecule has 0 rings (SSSR count). The maximum atomic E-state index is 10.8. The summed E-state index contributed by atoms with van der Waals surface area (Å²) < 4.78 is 9.87. The van der Waals surface area contributed by atoms with Gasteiger partial charge in [-0.15, -0.1) is 0 Å². The van der Waals surface area contributed by atoms with Crippen molar-refractivity contribution in [1.82, 2.24) is 0 Å². The molecule has 0 aromatic heterocycles. The Labute approximate surface area is 84.6 Å².